The SMILES string of the molecule is CC(C)(SC(=O)c1ccccc1)[C@@H]1C[C@H](CSC(=O)c2ccccc2)C(=O)O1. The Morgan fingerprint density at radius 2 is 1.50 bits per heavy atom. The van der Waals surface area contributed by atoms with Gasteiger partial charge in [-0.2, -0.15) is 0 Å². The maximum absolute atomic E-state index is 12.5. The molecule has 1 heterocycles. The Kier molecular flexibility index (Phi) is 6.62. The molecule has 4 nitrogen and oxygen atoms in total. The minimum absolute atomic E-state index is 0.0428. The van der Waals surface area contributed by atoms with Crippen molar-refractivity contribution in [3.63, 3.8) is 0 Å². The number of thioether (sulfide) groups is 2. The smallest absolute Gasteiger partial charge is 0.310 e. The van der Waals surface area contributed by atoms with E-state index in [9.17, 15) is 14.4 Å². The van der Waals surface area contributed by atoms with E-state index in [0.29, 0.717) is 23.3 Å². The van der Waals surface area contributed by atoms with Crippen LogP contribution in [0.4, 0.5) is 0 Å². The third-order valence-corrected chi connectivity index (χ3v) is 6.93. The standard InChI is InChI=1S/C22H22O4S2/c1-22(2,28-21(25)16-11-7-4-8-12-16)18-13-17(19(23)26-18)14-27-20(24)15-9-5-3-6-10-15/h3-12,17-18H,13-14H2,1-2H3/t17-,18+/m1/s1. The van der Waals surface area contributed by atoms with E-state index in [4.69, 9.17) is 4.74 Å². The number of benzene rings is 2. The van der Waals surface area contributed by atoms with Gasteiger partial charge in [-0.05, 0) is 20.3 Å². The largest absolute Gasteiger partial charge is 0.461 e. The molecule has 0 N–H and O–H groups in total. The molecule has 2 atom stereocenters. The van der Waals surface area contributed by atoms with Crippen molar-refractivity contribution < 1.29 is 19.1 Å². The number of carbonyl (C=O) groups excluding carboxylic acids is 3. The predicted molar refractivity (Wildman–Crippen MR) is 114 cm³/mol. The van der Waals surface area contributed by atoms with Gasteiger partial charge in [-0.3, -0.25) is 14.4 Å². The summed E-state index contributed by atoms with van der Waals surface area (Å²) in [5.74, 6) is -0.246. The molecule has 2 aromatic rings. The van der Waals surface area contributed by atoms with Gasteiger partial charge in [0, 0.05) is 16.9 Å². The van der Waals surface area contributed by atoms with Crippen LogP contribution in [-0.2, 0) is 9.53 Å². The zero-order valence-corrected chi connectivity index (χ0v) is 17.4. The van der Waals surface area contributed by atoms with Crippen molar-refractivity contribution >= 4 is 39.7 Å². The number of ether oxygens (including phenoxy) is 1. The van der Waals surface area contributed by atoms with E-state index in [-0.39, 0.29) is 28.2 Å². The molecule has 0 spiro atoms. The zero-order valence-electron chi connectivity index (χ0n) is 15.8. The molecule has 0 amide bonds. The Morgan fingerprint density at radius 1 is 0.964 bits per heavy atom. The van der Waals surface area contributed by atoms with E-state index in [2.05, 4.69) is 0 Å². The van der Waals surface area contributed by atoms with Gasteiger partial charge in [0.1, 0.15) is 6.10 Å². The van der Waals surface area contributed by atoms with E-state index < -0.39 is 4.75 Å². The fourth-order valence-corrected chi connectivity index (χ4v) is 4.91. The lowest BCUT2D eigenvalue weighted by Crippen LogP contribution is -2.34. The van der Waals surface area contributed by atoms with Crippen LogP contribution in [0, 0.1) is 5.92 Å². The fraction of sp³-hybridized carbons (Fsp3) is 0.318. The third kappa shape index (κ3) is 5.06. The van der Waals surface area contributed by atoms with Crippen LogP contribution in [-0.4, -0.2) is 32.8 Å². The predicted octanol–water partition coefficient (Wildman–Crippen LogP) is 4.84. The molecular formula is C22H22O4S2. The maximum atomic E-state index is 12.5. The molecule has 0 radical (unpaired) electrons. The number of rotatable bonds is 6. The number of esters is 1. The Balaban J connectivity index is 1.57. The van der Waals surface area contributed by atoms with Gasteiger partial charge in [-0.15, -0.1) is 0 Å². The Morgan fingerprint density at radius 3 is 2.07 bits per heavy atom. The zero-order chi connectivity index (χ0) is 20.1. The molecule has 0 aromatic heterocycles. The summed E-state index contributed by atoms with van der Waals surface area (Å²) in [6, 6.07) is 18.1. The molecule has 6 heteroatoms. The number of carbonyl (C=O) groups is 3. The highest BCUT2D eigenvalue weighted by Gasteiger charge is 2.44. The first-order chi connectivity index (χ1) is 13.4. The van der Waals surface area contributed by atoms with Crippen LogP contribution in [0.3, 0.4) is 0 Å². The summed E-state index contributed by atoms with van der Waals surface area (Å²) >= 11 is 2.33. The van der Waals surface area contributed by atoms with Crippen LogP contribution in [0.1, 0.15) is 41.0 Å². The lowest BCUT2D eigenvalue weighted by molar-refractivity contribution is -0.144. The lowest BCUT2D eigenvalue weighted by atomic mass is 9.99. The molecule has 146 valence electrons. The number of hydrogen-bond acceptors (Lipinski definition) is 6. The highest BCUT2D eigenvalue weighted by Crippen LogP contribution is 2.40. The van der Waals surface area contributed by atoms with Gasteiger partial charge in [0.15, 0.2) is 0 Å². The monoisotopic (exact) mass is 414 g/mol. The van der Waals surface area contributed by atoms with Crippen molar-refractivity contribution in [1.82, 2.24) is 0 Å². The molecule has 0 saturated carbocycles. The quantitative estimate of drug-likeness (QED) is 0.630. The van der Waals surface area contributed by atoms with E-state index in [1.807, 2.05) is 50.2 Å². The van der Waals surface area contributed by atoms with Gasteiger partial charge in [0.2, 0.25) is 10.2 Å². The summed E-state index contributed by atoms with van der Waals surface area (Å²) in [5, 5.41) is -0.0940. The van der Waals surface area contributed by atoms with Gasteiger partial charge >= 0.3 is 5.97 Å². The van der Waals surface area contributed by atoms with Crippen LogP contribution in [0.5, 0.6) is 0 Å². The second-order valence-electron chi connectivity index (χ2n) is 7.18. The van der Waals surface area contributed by atoms with E-state index >= 15 is 0 Å². The first kappa shape index (κ1) is 20.7. The Bertz CT molecular complexity index is 849. The molecule has 0 aliphatic carbocycles. The molecule has 0 bridgehead atoms. The first-order valence-corrected chi connectivity index (χ1v) is 10.9. The molecule has 28 heavy (non-hydrogen) atoms. The van der Waals surface area contributed by atoms with Gasteiger partial charge in [0.05, 0.1) is 10.7 Å². The summed E-state index contributed by atoms with van der Waals surface area (Å²) in [6.45, 7) is 3.84. The fourth-order valence-electron chi connectivity index (χ4n) is 2.97. The van der Waals surface area contributed by atoms with Crippen LogP contribution >= 0.6 is 23.5 Å². The summed E-state index contributed by atoms with van der Waals surface area (Å²) < 4.78 is 5.03. The molecule has 1 aliphatic rings. The molecular weight excluding hydrogens is 392 g/mol. The third-order valence-electron chi connectivity index (χ3n) is 4.66. The Labute approximate surface area is 173 Å². The van der Waals surface area contributed by atoms with Crippen molar-refractivity contribution in [2.45, 2.75) is 31.1 Å². The van der Waals surface area contributed by atoms with Crippen LogP contribution in [0.25, 0.3) is 0 Å². The molecule has 0 unspecified atom stereocenters. The number of hydrogen-bond donors (Lipinski definition) is 0. The maximum Gasteiger partial charge on any atom is 0.310 e. The van der Waals surface area contributed by atoms with Crippen molar-refractivity contribution in [3.05, 3.63) is 71.8 Å². The van der Waals surface area contributed by atoms with Crippen molar-refractivity contribution in [1.29, 1.82) is 0 Å². The highest BCUT2D eigenvalue weighted by molar-refractivity contribution is 8.15. The highest BCUT2D eigenvalue weighted by atomic mass is 32.2. The van der Waals surface area contributed by atoms with E-state index in [1.165, 1.54) is 11.8 Å². The van der Waals surface area contributed by atoms with Crippen LogP contribution < -0.4 is 0 Å². The summed E-state index contributed by atoms with van der Waals surface area (Å²) in [4.78, 5) is 37.1. The molecule has 1 saturated heterocycles. The van der Waals surface area contributed by atoms with Crippen molar-refractivity contribution in [3.8, 4) is 0 Å². The topological polar surface area (TPSA) is 60.4 Å². The van der Waals surface area contributed by atoms with E-state index in [0.717, 1.165) is 11.8 Å². The average Bonchev–Trinajstić information content (AvgIpc) is 3.09. The van der Waals surface area contributed by atoms with Gasteiger partial charge < -0.3 is 4.74 Å². The van der Waals surface area contributed by atoms with Gasteiger partial charge in [-0.1, -0.05) is 84.2 Å². The van der Waals surface area contributed by atoms with Crippen molar-refractivity contribution in [2.24, 2.45) is 5.92 Å². The second-order valence-corrected chi connectivity index (χ2v) is 9.80. The van der Waals surface area contributed by atoms with Gasteiger partial charge in [0.25, 0.3) is 0 Å². The Hall–Kier alpha value is -2.05. The summed E-state index contributed by atoms with van der Waals surface area (Å²) in [7, 11) is 0. The lowest BCUT2D eigenvalue weighted by Gasteiger charge is -2.28. The van der Waals surface area contributed by atoms with E-state index in [1.54, 1.807) is 24.3 Å². The first-order valence-electron chi connectivity index (χ1n) is 9.08. The normalized spacial score (nSPS) is 19.3. The van der Waals surface area contributed by atoms with Crippen LogP contribution in [0.2, 0.25) is 0 Å². The molecule has 3 rings (SSSR count). The summed E-state index contributed by atoms with van der Waals surface area (Å²) in [5.41, 5.74) is 1.25. The minimum atomic E-state index is -0.550. The summed E-state index contributed by atoms with van der Waals surface area (Å²) in [6.07, 6.45) is 0.144. The average molecular weight is 415 g/mol. The van der Waals surface area contributed by atoms with Crippen molar-refractivity contribution in [2.75, 3.05) is 5.75 Å². The molecule has 1 aliphatic heterocycles. The van der Waals surface area contributed by atoms with Crippen LogP contribution in [0.15, 0.2) is 60.7 Å². The minimum Gasteiger partial charge on any atom is -0.461 e. The molecule has 1 fully saturated rings. The molecule has 2 aromatic carbocycles. The number of cyclic esters (lactones) is 1. The second kappa shape index (κ2) is 8.97. The van der Waals surface area contributed by atoms with Gasteiger partial charge in [-0.25, -0.2) is 0 Å².